The molecule has 1 fully saturated rings. The maximum absolute atomic E-state index is 4.85. The van der Waals surface area contributed by atoms with Gasteiger partial charge in [0.15, 0.2) is 5.65 Å². The lowest BCUT2D eigenvalue weighted by atomic mass is 10.1. The highest BCUT2D eigenvalue weighted by atomic mass is 15.1. The summed E-state index contributed by atoms with van der Waals surface area (Å²) in [5.74, 6) is 1.69. The minimum atomic E-state index is 0.656. The number of rotatable bonds is 3. The van der Waals surface area contributed by atoms with Gasteiger partial charge in [-0.15, -0.1) is 0 Å². The number of fused-ring (bicyclic) bond motifs is 1. The number of imidazole rings is 1. The summed E-state index contributed by atoms with van der Waals surface area (Å²) in [5.41, 5.74) is 4.39. The van der Waals surface area contributed by atoms with Crippen LogP contribution < -0.4 is 5.32 Å². The highest BCUT2D eigenvalue weighted by Gasteiger charge is 2.20. The minimum absolute atomic E-state index is 0.656. The van der Waals surface area contributed by atoms with Crippen LogP contribution in [0.3, 0.4) is 0 Å². The molecule has 3 aromatic rings. The second-order valence-electron chi connectivity index (χ2n) is 6.12. The third-order valence-electron chi connectivity index (χ3n) is 4.38. The number of aromatic nitrogens is 3. The topological polar surface area (TPSA) is 42.7 Å². The molecule has 1 N–H and O–H groups in total. The number of hydrogen-bond acceptors (Lipinski definition) is 3. The lowest BCUT2D eigenvalue weighted by molar-refractivity contribution is 0.490. The molecule has 0 amide bonds. The number of pyridine rings is 1. The lowest BCUT2D eigenvalue weighted by Gasteiger charge is -2.13. The highest BCUT2D eigenvalue weighted by molar-refractivity contribution is 5.77. The van der Waals surface area contributed by atoms with Gasteiger partial charge in [0.25, 0.3) is 0 Å². The molecular formula is C18H20N4. The summed E-state index contributed by atoms with van der Waals surface area (Å²) in [5, 5.41) is 3.45. The molecule has 0 aliphatic carbocycles. The molecule has 1 aliphatic heterocycles. The van der Waals surface area contributed by atoms with E-state index in [-0.39, 0.29) is 0 Å². The van der Waals surface area contributed by atoms with Gasteiger partial charge in [-0.3, -0.25) is 0 Å². The van der Waals surface area contributed by atoms with Crippen LogP contribution in [0.1, 0.15) is 12.0 Å². The summed E-state index contributed by atoms with van der Waals surface area (Å²) >= 11 is 0. The Balaban J connectivity index is 1.85. The van der Waals surface area contributed by atoms with Gasteiger partial charge >= 0.3 is 0 Å². The largest absolute Gasteiger partial charge is 0.316 e. The first kappa shape index (κ1) is 13.5. The molecular weight excluding hydrogens is 272 g/mol. The van der Waals surface area contributed by atoms with E-state index in [1.807, 2.05) is 18.3 Å². The zero-order valence-corrected chi connectivity index (χ0v) is 12.8. The molecule has 1 atom stereocenters. The average molecular weight is 292 g/mol. The Kier molecular flexibility index (Phi) is 3.39. The molecule has 4 heteroatoms. The zero-order chi connectivity index (χ0) is 14.9. The van der Waals surface area contributed by atoms with E-state index in [4.69, 9.17) is 4.98 Å². The van der Waals surface area contributed by atoms with Crippen LogP contribution >= 0.6 is 0 Å². The summed E-state index contributed by atoms with van der Waals surface area (Å²) in [6, 6.07) is 12.6. The standard InChI is InChI=1S/C18H20N4/c1-13-4-2-5-15(10-13)17-21-16-6-3-8-20-18(16)22(17)12-14-7-9-19-11-14/h2-6,8,10,14,19H,7,9,11-12H2,1H3. The fourth-order valence-corrected chi connectivity index (χ4v) is 3.26. The van der Waals surface area contributed by atoms with E-state index in [9.17, 15) is 0 Å². The fraction of sp³-hybridized carbons (Fsp3) is 0.333. The SMILES string of the molecule is Cc1cccc(-c2nc3cccnc3n2CC2CCNC2)c1. The molecule has 1 aliphatic rings. The number of benzene rings is 1. The van der Waals surface area contributed by atoms with E-state index in [0.717, 1.165) is 36.6 Å². The summed E-state index contributed by atoms with van der Waals surface area (Å²) in [6.07, 6.45) is 3.08. The monoisotopic (exact) mass is 292 g/mol. The van der Waals surface area contributed by atoms with E-state index in [1.54, 1.807) is 0 Å². The summed E-state index contributed by atoms with van der Waals surface area (Å²) < 4.78 is 2.29. The Labute approximate surface area is 130 Å². The zero-order valence-electron chi connectivity index (χ0n) is 12.8. The molecule has 2 aromatic heterocycles. The predicted molar refractivity (Wildman–Crippen MR) is 88.7 cm³/mol. The van der Waals surface area contributed by atoms with Gasteiger partial charge in [-0.25, -0.2) is 9.97 Å². The maximum Gasteiger partial charge on any atom is 0.160 e. The van der Waals surface area contributed by atoms with Crippen LogP contribution in [-0.2, 0) is 6.54 Å². The number of aryl methyl sites for hydroxylation is 1. The summed E-state index contributed by atoms with van der Waals surface area (Å²) in [7, 11) is 0. The van der Waals surface area contributed by atoms with Crippen molar-refractivity contribution in [3.63, 3.8) is 0 Å². The minimum Gasteiger partial charge on any atom is -0.316 e. The van der Waals surface area contributed by atoms with Crippen LogP contribution in [0.5, 0.6) is 0 Å². The Morgan fingerprint density at radius 3 is 3.05 bits per heavy atom. The average Bonchev–Trinajstić information content (AvgIpc) is 3.16. The van der Waals surface area contributed by atoms with Gasteiger partial charge in [0.2, 0.25) is 0 Å². The molecule has 0 saturated carbocycles. The van der Waals surface area contributed by atoms with Crippen LogP contribution in [0.2, 0.25) is 0 Å². The molecule has 1 aromatic carbocycles. The van der Waals surface area contributed by atoms with E-state index in [1.165, 1.54) is 17.5 Å². The van der Waals surface area contributed by atoms with E-state index < -0.39 is 0 Å². The van der Waals surface area contributed by atoms with Gasteiger partial charge < -0.3 is 9.88 Å². The van der Waals surface area contributed by atoms with Crippen molar-refractivity contribution in [3.05, 3.63) is 48.2 Å². The Morgan fingerprint density at radius 2 is 2.23 bits per heavy atom. The van der Waals surface area contributed by atoms with Crippen LogP contribution in [0.15, 0.2) is 42.6 Å². The predicted octanol–water partition coefficient (Wildman–Crippen LogP) is 3.02. The Morgan fingerprint density at radius 1 is 1.27 bits per heavy atom. The first-order valence-electron chi connectivity index (χ1n) is 7.90. The van der Waals surface area contributed by atoms with Gasteiger partial charge in [-0.2, -0.15) is 0 Å². The smallest absolute Gasteiger partial charge is 0.160 e. The third-order valence-corrected chi connectivity index (χ3v) is 4.38. The maximum atomic E-state index is 4.85. The summed E-state index contributed by atoms with van der Waals surface area (Å²) in [4.78, 5) is 9.42. The number of hydrogen-bond donors (Lipinski definition) is 1. The second kappa shape index (κ2) is 5.54. The van der Waals surface area contributed by atoms with Gasteiger partial charge in [0, 0.05) is 18.3 Å². The molecule has 0 spiro atoms. The van der Waals surface area contributed by atoms with Crippen molar-refractivity contribution >= 4 is 11.2 Å². The molecule has 4 rings (SSSR count). The molecule has 1 unspecified atom stereocenters. The van der Waals surface area contributed by atoms with Crippen LogP contribution in [0.25, 0.3) is 22.6 Å². The van der Waals surface area contributed by atoms with Crippen LogP contribution in [0, 0.1) is 12.8 Å². The number of nitrogens with zero attached hydrogens (tertiary/aromatic N) is 3. The fourth-order valence-electron chi connectivity index (χ4n) is 3.26. The van der Waals surface area contributed by atoms with Gasteiger partial charge in [0.1, 0.15) is 11.3 Å². The number of nitrogens with one attached hydrogen (secondary N) is 1. The van der Waals surface area contributed by atoms with Gasteiger partial charge in [0.05, 0.1) is 0 Å². The summed E-state index contributed by atoms with van der Waals surface area (Å²) in [6.45, 7) is 5.30. The molecule has 0 radical (unpaired) electrons. The molecule has 112 valence electrons. The van der Waals surface area contributed by atoms with Crippen molar-refractivity contribution in [2.75, 3.05) is 13.1 Å². The molecule has 3 heterocycles. The van der Waals surface area contributed by atoms with Crippen molar-refractivity contribution in [2.24, 2.45) is 5.92 Å². The van der Waals surface area contributed by atoms with E-state index >= 15 is 0 Å². The van der Waals surface area contributed by atoms with Crippen LogP contribution in [-0.4, -0.2) is 27.6 Å². The van der Waals surface area contributed by atoms with Crippen LogP contribution in [0.4, 0.5) is 0 Å². The highest BCUT2D eigenvalue weighted by Crippen LogP contribution is 2.26. The van der Waals surface area contributed by atoms with E-state index in [2.05, 4.69) is 46.1 Å². The van der Waals surface area contributed by atoms with Crippen molar-refractivity contribution in [2.45, 2.75) is 19.9 Å². The van der Waals surface area contributed by atoms with Crippen molar-refractivity contribution in [3.8, 4) is 11.4 Å². The Bertz CT molecular complexity index is 800. The quantitative estimate of drug-likeness (QED) is 0.807. The lowest BCUT2D eigenvalue weighted by Crippen LogP contribution is -2.15. The first-order valence-corrected chi connectivity index (χ1v) is 7.90. The van der Waals surface area contributed by atoms with Gasteiger partial charge in [-0.1, -0.05) is 23.8 Å². The van der Waals surface area contributed by atoms with Crippen molar-refractivity contribution < 1.29 is 0 Å². The van der Waals surface area contributed by atoms with E-state index in [0.29, 0.717) is 5.92 Å². The molecule has 4 nitrogen and oxygen atoms in total. The molecule has 22 heavy (non-hydrogen) atoms. The second-order valence-corrected chi connectivity index (χ2v) is 6.12. The van der Waals surface area contributed by atoms with Crippen molar-refractivity contribution in [1.82, 2.24) is 19.9 Å². The molecule has 0 bridgehead atoms. The normalized spacial score (nSPS) is 18.1. The van der Waals surface area contributed by atoms with Crippen molar-refractivity contribution in [1.29, 1.82) is 0 Å². The van der Waals surface area contributed by atoms with Gasteiger partial charge in [-0.05, 0) is 50.6 Å². The third kappa shape index (κ3) is 2.40. The Hall–Kier alpha value is -2.20. The molecule has 1 saturated heterocycles. The first-order chi connectivity index (χ1) is 10.8.